The lowest BCUT2D eigenvalue weighted by Crippen LogP contribution is -2.33. The van der Waals surface area contributed by atoms with Crippen LogP contribution in [0.4, 0.5) is 5.69 Å². The van der Waals surface area contributed by atoms with Crippen molar-refractivity contribution in [2.24, 2.45) is 0 Å². The third-order valence-electron chi connectivity index (χ3n) is 4.12. The van der Waals surface area contributed by atoms with E-state index in [1.165, 1.54) is 44.6 Å². The van der Waals surface area contributed by atoms with E-state index in [2.05, 4.69) is 59.4 Å². The molecule has 3 heteroatoms. The Morgan fingerprint density at radius 1 is 1.30 bits per heavy atom. The molecular formula is C17H29N3. The molecule has 1 aliphatic rings. The van der Waals surface area contributed by atoms with E-state index in [9.17, 15) is 0 Å². The Balaban J connectivity index is 1.62. The predicted octanol–water partition coefficient (Wildman–Crippen LogP) is 2.59. The molecule has 0 amide bonds. The van der Waals surface area contributed by atoms with Crippen molar-refractivity contribution in [3.63, 3.8) is 0 Å². The van der Waals surface area contributed by atoms with E-state index < -0.39 is 0 Å². The summed E-state index contributed by atoms with van der Waals surface area (Å²) < 4.78 is 0. The Morgan fingerprint density at radius 3 is 2.85 bits per heavy atom. The summed E-state index contributed by atoms with van der Waals surface area (Å²) in [6.45, 7) is 8.24. The van der Waals surface area contributed by atoms with Crippen molar-refractivity contribution in [1.29, 1.82) is 0 Å². The van der Waals surface area contributed by atoms with Crippen LogP contribution in [0, 0.1) is 0 Å². The molecule has 1 atom stereocenters. The summed E-state index contributed by atoms with van der Waals surface area (Å²) in [5.41, 5.74) is 1.32. The van der Waals surface area contributed by atoms with E-state index in [0.29, 0.717) is 0 Å². The molecule has 1 heterocycles. The van der Waals surface area contributed by atoms with Crippen LogP contribution in [0.25, 0.3) is 0 Å². The normalized spacial score (nSPS) is 19.4. The molecule has 0 saturated carbocycles. The molecule has 0 bridgehead atoms. The predicted molar refractivity (Wildman–Crippen MR) is 87.5 cm³/mol. The standard InChI is InChI=1S/C17H29N3/c1-3-11-18-16-10-14-20(15-16)13-7-12-19(2)17-8-5-4-6-9-17/h4-6,8-9,16,18H,3,7,10-15H2,1-2H3. The van der Waals surface area contributed by atoms with Crippen LogP contribution < -0.4 is 10.2 Å². The van der Waals surface area contributed by atoms with Gasteiger partial charge in [-0.05, 0) is 51.0 Å². The molecule has 112 valence electrons. The van der Waals surface area contributed by atoms with Crippen molar-refractivity contribution >= 4 is 5.69 Å². The summed E-state index contributed by atoms with van der Waals surface area (Å²) in [5, 5.41) is 3.63. The smallest absolute Gasteiger partial charge is 0.0363 e. The third kappa shape index (κ3) is 4.80. The fraction of sp³-hybridized carbons (Fsp3) is 0.647. The average molecular weight is 275 g/mol. The number of para-hydroxylation sites is 1. The Hall–Kier alpha value is -1.06. The van der Waals surface area contributed by atoms with Crippen LogP contribution in [-0.2, 0) is 0 Å². The van der Waals surface area contributed by atoms with Gasteiger partial charge in [-0.2, -0.15) is 0 Å². The summed E-state index contributed by atoms with van der Waals surface area (Å²) in [4.78, 5) is 4.95. The van der Waals surface area contributed by atoms with Crippen LogP contribution in [-0.4, -0.2) is 50.7 Å². The van der Waals surface area contributed by atoms with Gasteiger partial charge < -0.3 is 15.1 Å². The maximum absolute atomic E-state index is 3.63. The monoisotopic (exact) mass is 275 g/mol. The molecule has 2 rings (SSSR count). The lowest BCUT2D eigenvalue weighted by Gasteiger charge is -2.21. The van der Waals surface area contributed by atoms with Gasteiger partial charge in [-0.3, -0.25) is 0 Å². The van der Waals surface area contributed by atoms with Gasteiger partial charge in [-0.25, -0.2) is 0 Å². The van der Waals surface area contributed by atoms with Crippen molar-refractivity contribution < 1.29 is 0 Å². The minimum Gasteiger partial charge on any atom is -0.375 e. The lowest BCUT2D eigenvalue weighted by atomic mass is 10.2. The first-order chi connectivity index (χ1) is 9.79. The zero-order valence-electron chi connectivity index (χ0n) is 13.0. The van der Waals surface area contributed by atoms with E-state index >= 15 is 0 Å². The quantitative estimate of drug-likeness (QED) is 0.787. The number of hydrogen-bond acceptors (Lipinski definition) is 3. The fourth-order valence-corrected chi connectivity index (χ4v) is 2.89. The van der Waals surface area contributed by atoms with Crippen molar-refractivity contribution in [1.82, 2.24) is 10.2 Å². The van der Waals surface area contributed by atoms with Crippen molar-refractivity contribution in [3.8, 4) is 0 Å². The third-order valence-corrected chi connectivity index (χ3v) is 4.12. The minimum atomic E-state index is 0.724. The molecule has 1 aliphatic heterocycles. The van der Waals surface area contributed by atoms with E-state index in [1.54, 1.807) is 0 Å². The summed E-state index contributed by atoms with van der Waals surface area (Å²) in [7, 11) is 2.19. The molecule has 0 spiro atoms. The molecule has 1 aromatic carbocycles. The average Bonchev–Trinajstić information content (AvgIpc) is 2.94. The van der Waals surface area contributed by atoms with Crippen LogP contribution in [0.3, 0.4) is 0 Å². The van der Waals surface area contributed by atoms with E-state index in [-0.39, 0.29) is 0 Å². The van der Waals surface area contributed by atoms with E-state index in [0.717, 1.165) is 19.1 Å². The molecule has 1 fully saturated rings. The van der Waals surface area contributed by atoms with Gasteiger partial charge >= 0.3 is 0 Å². The minimum absolute atomic E-state index is 0.724. The molecule has 1 N–H and O–H groups in total. The van der Waals surface area contributed by atoms with Crippen LogP contribution in [0.1, 0.15) is 26.2 Å². The number of nitrogens with zero attached hydrogens (tertiary/aromatic N) is 2. The summed E-state index contributed by atoms with van der Waals surface area (Å²) in [6, 6.07) is 11.4. The Kier molecular flexibility index (Phi) is 6.34. The second-order valence-electron chi connectivity index (χ2n) is 5.85. The number of likely N-dealkylation sites (tertiary alicyclic amines) is 1. The molecular weight excluding hydrogens is 246 g/mol. The zero-order chi connectivity index (χ0) is 14.2. The fourth-order valence-electron chi connectivity index (χ4n) is 2.89. The molecule has 1 saturated heterocycles. The van der Waals surface area contributed by atoms with Gasteiger partial charge in [-0.15, -0.1) is 0 Å². The van der Waals surface area contributed by atoms with Crippen LogP contribution >= 0.6 is 0 Å². The first-order valence-corrected chi connectivity index (χ1v) is 8.01. The number of benzene rings is 1. The zero-order valence-corrected chi connectivity index (χ0v) is 13.0. The molecule has 3 nitrogen and oxygen atoms in total. The highest BCUT2D eigenvalue weighted by Gasteiger charge is 2.20. The highest BCUT2D eigenvalue weighted by Crippen LogP contribution is 2.13. The van der Waals surface area contributed by atoms with Gasteiger partial charge in [0.15, 0.2) is 0 Å². The Labute approximate surface area is 124 Å². The van der Waals surface area contributed by atoms with Gasteiger partial charge in [0.1, 0.15) is 0 Å². The SMILES string of the molecule is CCCNC1CCN(CCCN(C)c2ccccc2)C1. The maximum Gasteiger partial charge on any atom is 0.0363 e. The largest absolute Gasteiger partial charge is 0.375 e. The van der Waals surface area contributed by atoms with Crippen molar-refractivity contribution in [2.45, 2.75) is 32.2 Å². The van der Waals surface area contributed by atoms with Gasteiger partial charge in [0.2, 0.25) is 0 Å². The van der Waals surface area contributed by atoms with Crippen LogP contribution in [0.5, 0.6) is 0 Å². The summed E-state index contributed by atoms with van der Waals surface area (Å²) >= 11 is 0. The topological polar surface area (TPSA) is 18.5 Å². The number of rotatable bonds is 8. The number of hydrogen-bond donors (Lipinski definition) is 1. The molecule has 20 heavy (non-hydrogen) atoms. The second kappa shape index (κ2) is 8.28. The lowest BCUT2D eigenvalue weighted by molar-refractivity contribution is 0.324. The number of anilines is 1. The van der Waals surface area contributed by atoms with Gasteiger partial charge in [0.05, 0.1) is 0 Å². The first kappa shape index (κ1) is 15.3. The second-order valence-corrected chi connectivity index (χ2v) is 5.85. The van der Waals surface area contributed by atoms with Gasteiger partial charge in [0, 0.05) is 31.9 Å². The van der Waals surface area contributed by atoms with Crippen LogP contribution in [0.15, 0.2) is 30.3 Å². The van der Waals surface area contributed by atoms with E-state index in [4.69, 9.17) is 0 Å². The Morgan fingerprint density at radius 2 is 2.10 bits per heavy atom. The number of nitrogens with one attached hydrogen (secondary N) is 1. The van der Waals surface area contributed by atoms with Gasteiger partial charge in [-0.1, -0.05) is 25.1 Å². The molecule has 0 aromatic heterocycles. The molecule has 1 aromatic rings. The first-order valence-electron chi connectivity index (χ1n) is 8.01. The van der Waals surface area contributed by atoms with Gasteiger partial charge in [0.25, 0.3) is 0 Å². The van der Waals surface area contributed by atoms with Crippen molar-refractivity contribution in [2.75, 3.05) is 44.7 Å². The summed E-state index contributed by atoms with van der Waals surface area (Å²) in [5.74, 6) is 0. The van der Waals surface area contributed by atoms with Crippen molar-refractivity contribution in [3.05, 3.63) is 30.3 Å². The highest BCUT2D eigenvalue weighted by atomic mass is 15.2. The summed E-state index contributed by atoms with van der Waals surface area (Å²) in [6.07, 6.45) is 3.79. The molecule has 1 unspecified atom stereocenters. The molecule has 0 aliphatic carbocycles. The van der Waals surface area contributed by atoms with E-state index in [1.807, 2.05) is 0 Å². The highest BCUT2D eigenvalue weighted by molar-refractivity contribution is 5.44. The molecule has 0 radical (unpaired) electrons. The Bertz CT molecular complexity index is 366. The maximum atomic E-state index is 3.63. The van der Waals surface area contributed by atoms with Crippen LogP contribution in [0.2, 0.25) is 0 Å².